The minimum Gasteiger partial charge on any atom is -0.446 e. The second kappa shape index (κ2) is 38.2. The van der Waals surface area contributed by atoms with Gasteiger partial charge in [0.2, 0.25) is 47.2 Å². The average Bonchev–Trinajstić information content (AvgIpc) is 1.78. The van der Waals surface area contributed by atoms with E-state index in [2.05, 4.69) is 39.9 Å². The van der Waals surface area contributed by atoms with Gasteiger partial charge in [0.15, 0.2) is 23.1 Å². The van der Waals surface area contributed by atoms with Gasteiger partial charge < -0.3 is 37.3 Å². The molecule has 12 rings (SSSR count). The van der Waals surface area contributed by atoms with Gasteiger partial charge in [0.05, 0.1) is 61.9 Å². The van der Waals surface area contributed by atoms with Crippen molar-refractivity contribution in [2.24, 2.45) is 0 Å². The maximum atomic E-state index is 14.6. The third kappa shape index (κ3) is 21.6. The van der Waals surface area contributed by atoms with E-state index in [9.17, 15) is 47.1 Å². The van der Waals surface area contributed by atoms with Crippen LogP contribution in [0.3, 0.4) is 0 Å². The number of amides is 4. The van der Waals surface area contributed by atoms with Crippen LogP contribution in [0.4, 0.5) is 31.5 Å². The highest BCUT2D eigenvalue weighted by atomic mass is 19.1. The molecule has 0 atom stereocenters. The highest BCUT2D eigenvalue weighted by Crippen LogP contribution is 2.32. The van der Waals surface area contributed by atoms with Gasteiger partial charge in [-0.25, -0.2) is 28.7 Å². The molecule has 0 N–H and O–H groups in total. The predicted molar refractivity (Wildman–Crippen MR) is 420 cm³/mol. The Morgan fingerprint density at radius 3 is 0.902 bits per heavy atom. The Kier molecular flexibility index (Phi) is 28.2. The molecule has 0 radical (unpaired) electrons. The van der Waals surface area contributed by atoms with Crippen LogP contribution in [0.5, 0.6) is 0 Å². The molecule has 0 saturated heterocycles. The molecule has 0 bridgehead atoms. The second-order valence-corrected chi connectivity index (χ2v) is 26.1. The number of benzene rings is 4. The molecule has 0 saturated carbocycles. The third-order valence-corrected chi connectivity index (χ3v) is 17.9. The molecule has 4 amide bonds. The van der Waals surface area contributed by atoms with Crippen molar-refractivity contribution in [3.63, 3.8) is 0 Å². The molecule has 26 heteroatoms. The summed E-state index contributed by atoms with van der Waals surface area (Å²) >= 11 is 0. The summed E-state index contributed by atoms with van der Waals surface area (Å²) < 4.78 is 50.4. The van der Waals surface area contributed by atoms with Gasteiger partial charge in [-0.05, 0) is 155 Å². The van der Waals surface area contributed by atoms with Crippen molar-refractivity contribution in [1.29, 1.82) is 0 Å². The summed E-state index contributed by atoms with van der Waals surface area (Å²) in [4.78, 5) is 136. The largest absolute Gasteiger partial charge is 0.446 e. The Morgan fingerprint density at radius 1 is 0.312 bits per heavy atom. The summed E-state index contributed by atoms with van der Waals surface area (Å²) in [7, 11) is 6.76. The fourth-order valence-corrected chi connectivity index (χ4v) is 11.5. The number of hydrogen-bond acceptors (Lipinski definition) is 20. The van der Waals surface area contributed by atoms with E-state index in [0.29, 0.717) is 123 Å². The normalized spacial score (nSPS) is 10.7. The standard InChI is InChI=1S/2C22H23N3O3.2C21H20FN3O3/c1-5-22(27)25(4)17-7-8-18(14(2)10-17)19-9-6-16(13-23-19)20(26)11-21-24-12-15(3)28-21;1-5-22(27)25(4)17-7-8-18(14(2)10-17)16-6-9-19(23-13-16)20(26)11-21-24-12-15(3)28-21;1-4-21(27)25(3)15-6-7-16(17(22)9-15)18-8-5-14(12-23-18)19(26)10-20-24-11-13(2)28-20;1-4-21(27)25(3)15-6-7-16(17(22)9-15)14-5-8-18(23-12-14)19(26)10-20-24-11-13(2)28-20/h2*6-10,12-13H,5,11H2,1-4H3;2*5-9,11-12H,4,10H2,1-3H3. The topological polar surface area (TPSA) is 305 Å². The van der Waals surface area contributed by atoms with E-state index in [4.69, 9.17) is 17.7 Å². The molecule has 0 spiro atoms. The Balaban J connectivity index is 0.000000171. The first-order valence-corrected chi connectivity index (χ1v) is 36.1. The molecule has 24 nitrogen and oxygen atoms in total. The number of rotatable bonds is 24. The van der Waals surface area contributed by atoms with E-state index in [1.54, 1.807) is 177 Å². The molecule has 12 aromatic rings. The van der Waals surface area contributed by atoms with E-state index in [1.165, 1.54) is 34.3 Å². The Hall–Kier alpha value is -13.3. The predicted octanol–water partition coefficient (Wildman–Crippen LogP) is 16.3. The van der Waals surface area contributed by atoms with Crippen LogP contribution in [0.15, 0.2) is 189 Å². The second-order valence-electron chi connectivity index (χ2n) is 26.1. The smallest absolute Gasteiger partial charge is 0.226 e. The van der Waals surface area contributed by atoms with Gasteiger partial charge in [-0.2, -0.15) is 0 Å². The van der Waals surface area contributed by atoms with Crippen LogP contribution in [0.25, 0.3) is 44.8 Å². The molecule has 8 heterocycles. The first-order valence-electron chi connectivity index (χ1n) is 36.1. The van der Waals surface area contributed by atoms with Crippen LogP contribution in [0.2, 0.25) is 0 Å². The summed E-state index contributed by atoms with van der Waals surface area (Å²) in [6, 6.07) is 34.4. The fraction of sp³-hybridized carbons (Fsp3) is 0.256. The van der Waals surface area contributed by atoms with Crippen LogP contribution in [0.1, 0.15) is 153 Å². The quantitative estimate of drug-likeness (QED) is 0.0507. The first kappa shape index (κ1) is 82.8. The SMILES string of the molecule is CCC(=O)N(C)c1ccc(-c2ccc(C(=O)Cc3ncc(C)o3)cn2)c(C)c1.CCC(=O)N(C)c1ccc(-c2ccc(C(=O)Cc3ncc(C)o3)cn2)c(F)c1.CCC(=O)N(C)c1ccc(-c2ccc(C(=O)Cc3ncc(C)o3)nc2)c(C)c1.CCC(=O)N(C)c1ccc(-c2ccc(C(=O)Cc3ncc(C)o3)nc2)c(F)c1. The average molecular weight is 1520 g/mol. The van der Waals surface area contributed by atoms with Crippen LogP contribution < -0.4 is 19.6 Å². The first-order chi connectivity index (χ1) is 53.5. The van der Waals surface area contributed by atoms with Crippen LogP contribution in [-0.4, -0.2) is 115 Å². The number of halogens is 2. The van der Waals surface area contributed by atoms with Gasteiger partial charge in [0, 0.05) is 140 Å². The van der Waals surface area contributed by atoms with Crippen molar-refractivity contribution in [2.45, 2.75) is 121 Å². The van der Waals surface area contributed by atoms with E-state index >= 15 is 0 Å². The van der Waals surface area contributed by atoms with Crippen LogP contribution in [-0.2, 0) is 44.9 Å². The third-order valence-electron chi connectivity index (χ3n) is 17.9. The number of aryl methyl sites for hydroxylation is 6. The monoisotopic (exact) mass is 1520 g/mol. The molecule has 8 aromatic heterocycles. The lowest BCUT2D eigenvalue weighted by Crippen LogP contribution is -2.25. The van der Waals surface area contributed by atoms with Crippen LogP contribution in [0, 0.1) is 53.2 Å². The van der Waals surface area contributed by atoms with Gasteiger partial charge in [-0.15, -0.1) is 0 Å². The van der Waals surface area contributed by atoms with E-state index in [-0.39, 0.29) is 78.1 Å². The maximum Gasteiger partial charge on any atom is 0.226 e. The van der Waals surface area contributed by atoms with Crippen molar-refractivity contribution in [3.8, 4) is 44.8 Å². The molecular weight excluding hydrogens is 1430 g/mol. The summed E-state index contributed by atoms with van der Waals surface area (Å²) in [5, 5.41) is 0. The van der Waals surface area contributed by atoms with Crippen molar-refractivity contribution in [2.75, 3.05) is 47.8 Å². The minimum atomic E-state index is -0.491. The van der Waals surface area contributed by atoms with Gasteiger partial charge in [0.25, 0.3) is 0 Å². The zero-order valence-corrected chi connectivity index (χ0v) is 64.8. The molecule has 0 fully saturated rings. The lowest BCUT2D eigenvalue weighted by atomic mass is 10.0. The molecule has 4 aromatic carbocycles. The number of Topliss-reactive ketones (excluding diaryl/α,β-unsaturated/α-hetero) is 4. The molecule has 576 valence electrons. The number of carbonyl (C=O) groups excluding carboxylic acids is 8. The van der Waals surface area contributed by atoms with E-state index < -0.39 is 11.6 Å². The van der Waals surface area contributed by atoms with Crippen molar-refractivity contribution in [1.82, 2.24) is 39.9 Å². The summed E-state index contributed by atoms with van der Waals surface area (Å²) in [6.07, 6.45) is 14.3. The molecule has 112 heavy (non-hydrogen) atoms. The molecule has 0 aliphatic rings. The van der Waals surface area contributed by atoms with E-state index in [1.807, 2.05) is 76.2 Å². The summed E-state index contributed by atoms with van der Waals surface area (Å²) in [5.74, 6) is 2.44. The van der Waals surface area contributed by atoms with Gasteiger partial charge >= 0.3 is 0 Å². The lowest BCUT2D eigenvalue weighted by molar-refractivity contribution is -0.118. The van der Waals surface area contributed by atoms with Crippen molar-refractivity contribution < 1.29 is 64.8 Å². The molecule has 0 aliphatic heterocycles. The number of ketones is 4. The highest BCUT2D eigenvalue weighted by Gasteiger charge is 2.21. The molecule has 0 aliphatic carbocycles. The molecular formula is C86H86F2N12O12. The maximum absolute atomic E-state index is 14.6. The zero-order chi connectivity index (χ0) is 81.0. The Bertz CT molecular complexity index is 4700. The fourth-order valence-electron chi connectivity index (χ4n) is 11.5. The van der Waals surface area contributed by atoms with Crippen LogP contribution >= 0.6 is 0 Å². The number of carbonyl (C=O) groups is 8. The summed E-state index contributed by atoms with van der Waals surface area (Å²) in [5.41, 5.74) is 11.5. The minimum absolute atomic E-state index is 0.0149. The lowest BCUT2D eigenvalue weighted by Gasteiger charge is -2.18. The number of oxazole rings is 4. The number of anilines is 4. The Morgan fingerprint density at radius 2 is 0.616 bits per heavy atom. The van der Waals surface area contributed by atoms with E-state index in [0.717, 1.165) is 44.9 Å². The zero-order valence-electron chi connectivity index (χ0n) is 64.8. The number of nitrogens with zero attached hydrogens (tertiary/aromatic N) is 12. The number of aromatic nitrogens is 8. The highest BCUT2D eigenvalue weighted by molar-refractivity contribution is 6.00. The molecule has 0 unspecified atom stereocenters. The number of hydrogen-bond donors (Lipinski definition) is 0. The Labute approximate surface area is 647 Å². The van der Waals surface area contributed by atoms with Gasteiger partial charge in [-0.3, -0.25) is 58.3 Å². The van der Waals surface area contributed by atoms with Gasteiger partial charge in [0.1, 0.15) is 46.1 Å². The van der Waals surface area contributed by atoms with Crippen molar-refractivity contribution in [3.05, 3.63) is 263 Å². The summed E-state index contributed by atoms with van der Waals surface area (Å²) in [6.45, 7) is 18.3. The number of pyridine rings is 4. The van der Waals surface area contributed by atoms with Gasteiger partial charge in [-0.1, -0.05) is 52.0 Å². The van der Waals surface area contributed by atoms with Crippen molar-refractivity contribution >= 4 is 69.5 Å².